The lowest BCUT2D eigenvalue weighted by atomic mass is 9.95. The Labute approximate surface area is 130 Å². The number of anilines is 2. The second kappa shape index (κ2) is 6.56. The van der Waals surface area contributed by atoms with Gasteiger partial charge in [-0.25, -0.2) is 9.97 Å². The number of nitrogen functional groups attached to an aromatic ring is 1. The molecule has 1 aliphatic rings. The van der Waals surface area contributed by atoms with Crippen LogP contribution in [-0.2, 0) is 0 Å². The van der Waals surface area contributed by atoms with Gasteiger partial charge in [0, 0.05) is 12.2 Å². The maximum Gasteiger partial charge on any atom is 0.215 e. The van der Waals surface area contributed by atoms with E-state index in [-0.39, 0.29) is 11.6 Å². The van der Waals surface area contributed by atoms with Gasteiger partial charge >= 0.3 is 0 Å². The van der Waals surface area contributed by atoms with Crippen LogP contribution in [0.5, 0.6) is 0 Å². The summed E-state index contributed by atoms with van der Waals surface area (Å²) in [5, 5.41) is 3.43. The Bertz CT molecular complexity index is 665. The number of carbonyl (C=O) groups is 1. The lowest BCUT2D eigenvalue weighted by Gasteiger charge is -2.23. The smallest absolute Gasteiger partial charge is 0.215 e. The first kappa shape index (κ1) is 14.5. The summed E-state index contributed by atoms with van der Waals surface area (Å²) < 4.78 is 0. The molecule has 0 saturated heterocycles. The summed E-state index contributed by atoms with van der Waals surface area (Å²) in [4.78, 5) is 20.9. The molecule has 2 heterocycles. The summed E-state index contributed by atoms with van der Waals surface area (Å²) in [6.07, 6.45) is 7.71. The number of pyridine rings is 2. The molecule has 0 amide bonds. The van der Waals surface area contributed by atoms with E-state index in [9.17, 15) is 4.79 Å². The number of hydrogen-bond acceptors (Lipinski definition) is 5. The molecule has 5 nitrogen and oxygen atoms in total. The molecule has 1 saturated carbocycles. The maximum atomic E-state index is 12.5. The molecule has 3 N–H and O–H groups in total. The van der Waals surface area contributed by atoms with Crippen molar-refractivity contribution in [2.24, 2.45) is 0 Å². The Morgan fingerprint density at radius 2 is 1.95 bits per heavy atom. The molecule has 0 aromatic carbocycles. The number of aromatic nitrogens is 2. The molecule has 1 fully saturated rings. The number of ketones is 1. The fraction of sp³-hybridized carbons (Fsp3) is 0.353. The molecule has 5 heteroatoms. The molecule has 0 bridgehead atoms. The standard InChI is InChI=1S/C17H20N4O/c18-17-13(8-5-11-19-17)16(22)14-9-4-10-15(21-14)20-12-6-2-1-3-7-12/h4-5,8-12H,1-3,6-7H2,(H2,18,19)(H,20,21). The summed E-state index contributed by atoms with van der Waals surface area (Å²) in [6, 6.07) is 9.29. The Balaban J connectivity index is 1.78. The van der Waals surface area contributed by atoms with E-state index in [0.717, 1.165) is 18.7 Å². The highest BCUT2D eigenvalue weighted by atomic mass is 16.1. The lowest BCUT2D eigenvalue weighted by molar-refractivity contribution is 0.103. The molecule has 22 heavy (non-hydrogen) atoms. The average molecular weight is 296 g/mol. The monoisotopic (exact) mass is 296 g/mol. The molecule has 0 atom stereocenters. The van der Waals surface area contributed by atoms with Crippen LogP contribution in [0, 0.1) is 0 Å². The number of nitrogens with one attached hydrogen (secondary N) is 1. The maximum absolute atomic E-state index is 12.5. The van der Waals surface area contributed by atoms with E-state index >= 15 is 0 Å². The minimum absolute atomic E-state index is 0.196. The summed E-state index contributed by atoms with van der Waals surface area (Å²) in [5.41, 5.74) is 6.55. The van der Waals surface area contributed by atoms with E-state index in [2.05, 4.69) is 15.3 Å². The van der Waals surface area contributed by atoms with Crippen molar-refractivity contribution in [3.8, 4) is 0 Å². The van der Waals surface area contributed by atoms with Crippen LogP contribution in [-0.4, -0.2) is 21.8 Å². The second-order valence-corrected chi connectivity index (χ2v) is 5.65. The molecule has 0 spiro atoms. The van der Waals surface area contributed by atoms with Gasteiger partial charge in [0.2, 0.25) is 5.78 Å². The van der Waals surface area contributed by atoms with Crippen molar-refractivity contribution in [1.82, 2.24) is 9.97 Å². The van der Waals surface area contributed by atoms with E-state index in [4.69, 9.17) is 5.73 Å². The number of hydrogen-bond donors (Lipinski definition) is 2. The molecule has 2 aromatic rings. The van der Waals surface area contributed by atoms with Crippen molar-refractivity contribution in [1.29, 1.82) is 0 Å². The van der Waals surface area contributed by atoms with E-state index < -0.39 is 0 Å². The zero-order valence-corrected chi connectivity index (χ0v) is 12.5. The molecule has 0 radical (unpaired) electrons. The number of carbonyl (C=O) groups excluding carboxylic acids is 1. The second-order valence-electron chi connectivity index (χ2n) is 5.65. The number of nitrogens with two attached hydrogens (primary N) is 1. The molecular weight excluding hydrogens is 276 g/mol. The van der Waals surface area contributed by atoms with Crippen molar-refractivity contribution >= 4 is 17.4 Å². The quantitative estimate of drug-likeness (QED) is 0.848. The van der Waals surface area contributed by atoms with Gasteiger partial charge in [-0.15, -0.1) is 0 Å². The van der Waals surface area contributed by atoms with Gasteiger partial charge in [-0.1, -0.05) is 25.3 Å². The molecule has 3 rings (SSSR count). The van der Waals surface area contributed by atoms with Crippen LogP contribution in [0.25, 0.3) is 0 Å². The van der Waals surface area contributed by atoms with Crippen molar-refractivity contribution in [3.05, 3.63) is 47.8 Å². The Morgan fingerprint density at radius 1 is 1.14 bits per heavy atom. The molecule has 1 aliphatic carbocycles. The summed E-state index contributed by atoms with van der Waals surface area (Å²) >= 11 is 0. The largest absolute Gasteiger partial charge is 0.383 e. The van der Waals surface area contributed by atoms with Gasteiger partial charge < -0.3 is 11.1 Å². The molecule has 0 aliphatic heterocycles. The predicted octanol–water partition coefficient (Wildman–Crippen LogP) is 3.03. The third-order valence-electron chi connectivity index (χ3n) is 4.02. The van der Waals surface area contributed by atoms with Gasteiger partial charge in [-0.2, -0.15) is 0 Å². The molecular formula is C17H20N4O. The highest BCUT2D eigenvalue weighted by molar-refractivity contribution is 6.10. The van der Waals surface area contributed by atoms with Crippen LogP contribution in [0.3, 0.4) is 0 Å². The minimum atomic E-state index is -0.196. The van der Waals surface area contributed by atoms with Crippen molar-refractivity contribution in [2.75, 3.05) is 11.1 Å². The van der Waals surface area contributed by atoms with Crippen molar-refractivity contribution < 1.29 is 4.79 Å². The lowest BCUT2D eigenvalue weighted by Crippen LogP contribution is -2.23. The van der Waals surface area contributed by atoms with E-state index in [1.54, 1.807) is 24.4 Å². The fourth-order valence-electron chi connectivity index (χ4n) is 2.85. The fourth-order valence-corrected chi connectivity index (χ4v) is 2.85. The normalized spacial score (nSPS) is 15.5. The summed E-state index contributed by atoms with van der Waals surface area (Å²) in [5.74, 6) is 0.790. The van der Waals surface area contributed by atoms with Crippen LogP contribution in [0.15, 0.2) is 36.5 Å². The highest BCUT2D eigenvalue weighted by Gasteiger charge is 2.16. The first-order valence-corrected chi connectivity index (χ1v) is 7.73. The first-order chi connectivity index (χ1) is 10.7. The number of rotatable bonds is 4. The SMILES string of the molecule is Nc1ncccc1C(=O)c1cccc(NC2CCCCC2)n1. The van der Waals surface area contributed by atoms with Gasteiger partial charge in [0.15, 0.2) is 0 Å². The minimum Gasteiger partial charge on any atom is -0.383 e. The zero-order valence-electron chi connectivity index (χ0n) is 12.5. The topological polar surface area (TPSA) is 80.9 Å². The molecule has 0 unspecified atom stereocenters. The van der Waals surface area contributed by atoms with Crippen LogP contribution >= 0.6 is 0 Å². The summed E-state index contributed by atoms with van der Waals surface area (Å²) in [6.45, 7) is 0. The van der Waals surface area contributed by atoms with Crippen LogP contribution < -0.4 is 11.1 Å². The third-order valence-corrected chi connectivity index (χ3v) is 4.02. The Kier molecular flexibility index (Phi) is 4.32. The summed E-state index contributed by atoms with van der Waals surface area (Å²) in [7, 11) is 0. The van der Waals surface area contributed by atoms with E-state index in [1.807, 2.05) is 12.1 Å². The predicted molar refractivity (Wildman–Crippen MR) is 86.8 cm³/mol. The van der Waals surface area contributed by atoms with Crippen molar-refractivity contribution in [2.45, 2.75) is 38.1 Å². The van der Waals surface area contributed by atoms with Crippen molar-refractivity contribution in [3.63, 3.8) is 0 Å². The molecule has 114 valence electrons. The first-order valence-electron chi connectivity index (χ1n) is 7.73. The van der Waals surface area contributed by atoms with Crippen LogP contribution in [0.2, 0.25) is 0 Å². The average Bonchev–Trinajstić information content (AvgIpc) is 2.56. The van der Waals surface area contributed by atoms with Gasteiger partial charge in [-0.05, 0) is 37.1 Å². The zero-order chi connectivity index (χ0) is 15.4. The Morgan fingerprint density at radius 3 is 2.73 bits per heavy atom. The van der Waals surface area contributed by atoms with E-state index in [0.29, 0.717) is 17.3 Å². The van der Waals surface area contributed by atoms with Gasteiger partial charge in [-0.3, -0.25) is 4.79 Å². The highest BCUT2D eigenvalue weighted by Crippen LogP contribution is 2.21. The number of nitrogens with zero attached hydrogens (tertiary/aromatic N) is 2. The third kappa shape index (κ3) is 3.24. The Hall–Kier alpha value is -2.43. The van der Waals surface area contributed by atoms with Gasteiger partial charge in [0.05, 0.1) is 5.56 Å². The van der Waals surface area contributed by atoms with Crippen LogP contribution in [0.4, 0.5) is 11.6 Å². The molecule has 2 aromatic heterocycles. The van der Waals surface area contributed by atoms with Gasteiger partial charge in [0.1, 0.15) is 17.3 Å². The van der Waals surface area contributed by atoms with Crippen LogP contribution in [0.1, 0.15) is 48.2 Å². The van der Waals surface area contributed by atoms with E-state index in [1.165, 1.54) is 19.3 Å². The van der Waals surface area contributed by atoms with Gasteiger partial charge in [0.25, 0.3) is 0 Å².